The SMILES string of the molecule is O=C1CC2(CCN(C(=O)NCc3ccc4c(c3)CCC4)C2)CN1. The molecular formula is C18H23N3O2. The standard InChI is InChI=1S/C18H23N3O2/c22-16-9-18(11-20-16)6-7-21(12-18)17(23)19-10-13-4-5-14-2-1-3-15(14)8-13/h4-5,8H,1-3,6-7,9-12H2,(H,19,23)(H,20,22). The van der Waals surface area contributed by atoms with Gasteiger partial charge in [0.15, 0.2) is 0 Å². The summed E-state index contributed by atoms with van der Waals surface area (Å²) in [4.78, 5) is 25.7. The van der Waals surface area contributed by atoms with E-state index >= 15 is 0 Å². The van der Waals surface area contributed by atoms with E-state index in [1.165, 1.54) is 29.5 Å². The molecule has 2 fully saturated rings. The lowest BCUT2D eigenvalue weighted by molar-refractivity contribution is -0.119. The van der Waals surface area contributed by atoms with Crippen LogP contribution >= 0.6 is 0 Å². The Labute approximate surface area is 136 Å². The summed E-state index contributed by atoms with van der Waals surface area (Å²) in [5.74, 6) is 0.116. The Bertz CT molecular complexity index is 658. The minimum Gasteiger partial charge on any atom is -0.355 e. The van der Waals surface area contributed by atoms with Gasteiger partial charge in [0.25, 0.3) is 0 Å². The molecule has 1 unspecified atom stereocenters. The van der Waals surface area contributed by atoms with Crippen LogP contribution in [0.15, 0.2) is 18.2 Å². The van der Waals surface area contributed by atoms with E-state index in [-0.39, 0.29) is 17.4 Å². The van der Waals surface area contributed by atoms with E-state index < -0.39 is 0 Å². The zero-order chi connectivity index (χ0) is 15.9. The molecule has 23 heavy (non-hydrogen) atoms. The van der Waals surface area contributed by atoms with Gasteiger partial charge in [-0.25, -0.2) is 4.79 Å². The molecule has 3 amide bonds. The normalized spacial score (nSPS) is 25.7. The number of likely N-dealkylation sites (tertiary alicyclic amines) is 1. The van der Waals surface area contributed by atoms with Crippen molar-refractivity contribution in [2.24, 2.45) is 5.41 Å². The van der Waals surface area contributed by atoms with Crippen LogP contribution in [0.25, 0.3) is 0 Å². The van der Waals surface area contributed by atoms with Gasteiger partial charge >= 0.3 is 6.03 Å². The van der Waals surface area contributed by atoms with Gasteiger partial charge in [0.1, 0.15) is 0 Å². The first-order valence-electron chi connectivity index (χ1n) is 8.54. The van der Waals surface area contributed by atoms with Gasteiger partial charge < -0.3 is 15.5 Å². The molecule has 1 spiro atoms. The third-order valence-electron chi connectivity index (χ3n) is 5.53. The summed E-state index contributed by atoms with van der Waals surface area (Å²) in [6.07, 6.45) is 5.06. The minimum atomic E-state index is -0.0258. The van der Waals surface area contributed by atoms with Gasteiger partial charge in [0, 0.05) is 38.0 Å². The van der Waals surface area contributed by atoms with Crippen molar-refractivity contribution in [2.45, 2.75) is 38.6 Å². The predicted octanol–water partition coefficient (Wildman–Crippen LogP) is 1.60. The first-order valence-corrected chi connectivity index (χ1v) is 8.54. The van der Waals surface area contributed by atoms with Gasteiger partial charge in [0.05, 0.1) is 0 Å². The fraction of sp³-hybridized carbons (Fsp3) is 0.556. The number of fused-ring (bicyclic) bond motifs is 1. The van der Waals surface area contributed by atoms with Crippen LogP contribution in [0.4, 0.5) is 4.79 Å². The number of rotatable bonds is 2. The van der Waals surface area contributed by atoms with Gasteiger partial charge in [0.2, 0.25) is 5.91 Å². The van der Waals surface area contributed by atoms with Gasteiger partial charge in [-0.1, -0.05) is 18.2 Å². The highest BCUT2D eigenvalue weighted by molar-refractivity contribution is 5.80. The molecule has 5 heteroatoms. The molecule has 1 atom stereocenters. The van der Waals surface area contributed by atoms with Crippen molar-refractivity contribution in [3.63, 3.8) is 0 Å². The van der Waals surface area contributed by atoms with Gasteiger partial charge in [-0.2, -0.15) is 0 Å². The fourth-order valence-electron chi connectivity index (χ4n) is 4.17. The van der Waals surface area contributed by atoms with Crippen LogP contribution in [-0.4, -0.2) is 36.5 Å². The molecule has 2 heterocycles. The number of nitrogens with zero attached hydrogens (tertiary/aromatic N) is 1. The van der Waals surface area contributed by atoms with Crippen LogP contribution in [-0.2, 0) is 24.2 Å². The average molecular weight is 313 g/mol. The van der Waals surface area contributed by atoms with Crippen LogP contribution in [0.3, 0.4) is 0 Å². The van der Waals surface area contributed by atoms with Crippen LogP contribution < -0.4 is 10.6 Å². The third kappa shape index (κ3) is 2.80. The Hall–Kier alpha value is -2.04. The van der Waals surface area contributed by atoms with Crippen molar-refractivity contribution in [1.29, 1.82) is 0 Å². The van der Waals surface area contributed by atoms with Gasteiger partial charge in [-0.05, 0) is 42.4 Å². The molecule has 4 rings (SSSR count). The van der Waals surface area contributed by atoms with E-state index in [0.717, 1.165) is 19.4 Å². The minimum absolute atomic E-state index is 0.0123. The van der Waals surface area contributed by atoms with Crippen molar-refractivity contribution in [3.8, 4) is 0 Å². The number of benzene rings is 1. The molecule has 0 radical (unpaired) electrons. The van der Waals surface area contributed by atoms with Crippen molar-refractivity contribution in [2.75, 3.05) is 19.6 Å². The summed E-state index contributed by atoms with van der Waals surface area (Å²) in [6, 6.07) is 6.54. The van der Waals surface area contributed by atoms with E-state index in [0.29, 0.717) is 26.1 Å². The molecule has 2 N–H and O–H groups in total. The zero-order valence-corrected chi connectivity index (χ0v) is 13.4. The Morgan fingerprint density at radius 2 is 2.17 bits per heavy atom. The number of aryl methyl sites for hydroxylation is 2. The summed E-state index contributed by atoms with van der Waals surface area (Å²) < 4.78 is 0. The van der Waals surface area contributed by atoms with E-state index in [4.69, 9.17) is 0 Å². The number of hydrogen-bond donors (Lipinski definition) is 2. The molecule has 122 valence electrons. The highest BCUT2D eigenvalue weighted by atomic mass is 16.2. The first-order chi connectivity index (χ1) is 11.1. The average Bonchev–Trinajstić information content (AvgIpc) is 3.25. The number of carbonyl (C=O) groups excluding carboxylic acids is 2. The van der Waals surface area contributed by atoms with Crippen molar-refractivity contribution in [1.82, 2.24) is 15.5 Å². The second kappa shape index (κ2) is 5.55. The van der Waals surface area contributed by atoms with Gasteiger partial charge in [-0.15, -0.1) is 0 Å². The molecular weight excluding hydrogens is 290 g/mol. The number of amides is 3. The first kappa shape index (κ1) is 14.5. The number of hydrogen-bond acceptors (Lipinski definition) is 2. The maximum absolute atomic E-state index is 12.4. The van der Waals surface area contributed by atoms with E-state index in [2.05, 4.69) is 28.8 Å². The number of carbonyl (C=O) groups is 2. The summed E-state index contributed by atoms with van der Waals surface area (Å²) in [5, 5.41) is 5.93. The Morgan fingerprint density at radius 3 is 3.00 bits per heavy atom. The van der Waals surface area contributed by atoms with Gasteiger partial charge in [-0.3, -0.25) is 4.79 Å². The lowest BCUT2D eigenvalue weighted by atomic mass is 9.86. The third-order valence-corrected chi connectivity index (χ3v) is 5.53. The largest absolute Gasteiger partial charge is 0.355 e. The fourth-order valence-corrected chi connectivity index (χ4v) is 4.17. The Balaban J connectivity index is 1.33. The highest BCUT2D eigenvalue weighted by Crippen LogP contribution is 2.36. The smallest absolute Gasteiger partial charge is 0.317 e. The lowest BCUT2D eigenvalue weighted by Crippen LogP contribution is -2.40. The van der Waals surface area contributed by atoms with Crippen LogP contribution in [0.1, 0.15) is 36.0 Å². The number of nitrogens with one attached hydrogen (secondary N) is 2. The molecule has 0 bridgehead atoms. The van der Waals surface area contributed by atoms with Crippen molar-refractivity contribution >= 4 is 11.9 Å². The lowest BCUT2D eigenvalue weighted by Gasteiger charge is -2.22. The summed E-state index contributed by atoms with van der Waals surface area (Å²) in [7, 11) is 0. The molecule has 1 aliphatic carbocycles. The van der Waals surface area contributed by atoms with Crippen molar-refractivity contribution < 1.29 is 9.59 Å². The van der Waals surface area contributed by atoms with Crippen LogP contribution in [0.2, 0.25) is 0 Å². The molecule has 0 aromatic heterocycles. The summed E-state index contributed by atoms with van der Waals surface area (Å²) in [6.45, 7) is 2.71. The molecule has 2 aliphatic heterocycles. The molecule has 3 aliphatic rings. The van der Waals surface area contributed by atoms with E-state index in [1.807, 2.05) is 4.90 Å². The molecule has 1 aromatic carbocycles. The second-order valence-corrected chi connectivity index (χ2v) is 7.24. The predicted molar refractivity (Wildman–Crippen MR) is 87.0 cm³/mol. The Morgan fingerprint density at radius 1 is 1.30 bits per heavy atom. The second-order valence-electron chi connectivity index (χ2n) is 7.24. The molecule has 2 saturated heterocycles. The highest BCUT2D eigenvalue weighted by Gasteiger charge is 2.45. The Kier molecular flexibility index (Phi) is 3.51. The quantitative estimate of drug-likeness (QED) is 0.871. The molecule has 5 nitrogen and oxygen atoms in total. The summed E-state index contributed by atoms with van der Waals surface area (Å²) >= 11 is 0. The summed E-state index contributed by atoms with van der Waals surface area (Å²) in [5.41, 5.74) is 4.04. The van der Waals surface area contributed by atoms with Crippen LogP contribution in [0.5, 0.6) is 0 Å². The van der Waals surface area contributed by atoms with Crippen molar-refractivity contribution in [3.05, 3.63) is 34.9 Å². The monoisotopic (exact) mass is 313 g/mol. The maximum Gasteiger partial charge on any atom is 0.317 e. The van der Waals surface area contributed by atoms with E-state index in [1.54, 1.807) is 0 Å². The van der Waals surface area contributed by atoms with E-state index in [9.17, 15) is 9.59 Å². The molecule has 0 saturated carbocycles. The molecule has 1 aromatic rings. The van der Waals surface area contributed by atoms with Crippen LogP contribution in [0, 0.1) is 5.41 Å². The maximum atomic E-state index is 12.4. The number of urea groups is 1. The zero-order valence-electron chi connectivity index (χ0n) is 13.4. The topological polar surface area (TPSA) is 61.4 Å².